The summed E-state index contributed by atoms with van der Waals surface area (Å²) < 4.78 is 22.0. The van der Waals surface area contributed by atoms with E-state index in [1.165, 1.54) is 0 Å². The van der Waals surface area contributed by atoms with Gasteiger partial charge in [0.05, 0.1) is 8.66 Å². The number of carbonyl (C=O) groups excluding carboxylic acids is 1. The van der Waals surface area contributed by atoms with Crippen molar-refractivity contribution in [3.8, 4) is 0 Å². The van der Waals surface area contributed by atoms with E-state index in [0.717, 1.165) is 17.4 Å². The smallest absolute Gasteiger partial charge is 0.263 e. The van der Waals surface area contributed by atoms with Crippen molar-refractivity contribution in [3.05, 3.63) is 14.7 Å². The molecule has 0 amide bonds. The molecule has 0 aliphatic carbocycles. The Morgan fingerprint density at radius 3 is 2.31 bits per heavy atom. The van der Waals surface area contributed by atoms with Gasteiger partial charge in [0, 0.05) is 10.7 Å². The van der Waals surface area contributed by atoms with Crippen LogP contribution in [0.3, 0.4) is 0 Å². The maximum atomic E-state index is 10.9. The van der Waals surface area contributed by atoms with Crippen molar-refractivity contribution in [3.63, 3.8) is 0 Å². The van der Waals surface area contributed by atoms with Gasteiger partial charge in [0.2, 0.25) is 0 Å². The van der Waals surface area contributed by atoms with Crippen LogP contribution in [0, 0.1) is 0 Å². The fraction of sp³-hybridized carbons (Fsp3) is 0. The van der Waals surface area contributed by atoms with Crippen LogP contribution < -0.4 is 0 Å². The van der Waals surface area contributed by atoms with Crippen molar-refractivity contribution in [2.45, 2.75) is 4.90 Å². The number of rotatable bonds is 2. The first kappa shape index (κ1) is 11.5. The highest BCUT2D eigenvalue weighted by Crippen LogP contribution is 2.34. The molecule has 0 bridgehead atoms. The molecule has 0 fully saturated rings. The molecule has 0 radical (unpaired) electrons. The van der Waals surface area contributed by atoms with Crippen molar-refractivity contribution in [1.82, 2.24) is 0 Å². The molecule has 13 heavy (non-hydrogen) atoms. The second-order valence-corrected chi connectivity index (χ2v) is 7.21. The molecule has 1 aromatic rings. The summed E-state index contributed by atoms with van der Waals surface area (Å²) >= 11 is 9.04. The number of thiophene rings is 1. The van der Waals surface area contributed by atoms with E-state index in [-0.39, 0.29) is 13.6 Å². The summed E-state index contributed by atoms with van der Waals surface area (Å²) in [5, 5.41) is -0.711. The topological polar surface area (TPSA) is 51.2 Å². The van der Waals surface area contributed by atoms with Crippen LogP contribution in [0.25, 0.3) is 0 Å². The van der Waals surface area contributed by atoms with E-state index in [4.69, 9.17) is 22.3 Å². The molecule has 72 valence electrons. The van der Waals surface area contributed by atoms with Crippen LogP contribution in [-0.2, 0) is 9.05 Å². The average molecular weight is 324 g/mol. The van der Waals surface area contributed by atoms with Crippen LogP contribution in [0.5, 0.6) is 0 Å². The molecule has 0 spiro atoms. The lowest BCUT2D eigenvalue weighted by atomic mass is 10.5. The molecular formula is C5HBrCl2O3S2. The first-order valence-corrected chi connectivity index (χ1v) is 7.06. The second-order valence-electron chi connectivity index (χ2n) is 1.96. The maximum Gasteiger partial charge on any atom is 0.263 e. The van der Waals surface area contributed by atoms with Gasteiger partial charge in [-0.3, -0.25) is 4.79 Å². The predicted octanol–water partition coefficient (Wildman–Crippen LogP) is 2.82. The monoisotopic (exact) mass is 322 g/mol. The molecule has 1 aromatic heterocycles. The van der Waals surface area contributed by atoms with Crippen LogP contribution >= 0.6 is 49.6 Å². The van der Waals surface area contributed by atoms with Gasteiger partial charge in [-0.25, -0.2) is 8.42 Å². The van der Waals surface area contributed by atoms with Crippen LogP contribution in [0.2, 0.25) is 0 Å². The van der Waals surface area contributed by atoms with Gasteiger partial charge in [-0.1, -0.05) is 0 Å². The van der Waals surface area contributed by atoms with Crippen LogP contribution in [0.4, 0.5) is 0 Å². The van der Waals surface area contributed by atoms with Gasteiger partial charge >= 0.3 is 0 Å². The fourth-order valence-electron chi connectivity index (χ4n) is 0.615. The molecule has 0 aromatic carbocycles. The molecule has 0 saturated heterocycles. The average Bonchev–Trinajstić information content (AvgIpc) is 2.29. The molecule has 0 N–H and O–H groups in total. The predicted molar refractivity (Wildman–Crippen MR) is 55.2 cm³/mol. The zero-order chi connectivity index (χ0) is 10.2. The molecule has 0 saturated carbocycles. The lowest BCUT2D eigenvalue weighted by molar-refractivity contribution is 0.108. The lowest BCUT2D eigenvalue weighted by Gasteiger charge is -1.88. The summed E-state index contributed by atoms with van der Waals surface area (Å²) in [5.74, 6) is 0. The molecular weight excluding hydrogens is 323 g/mol. The standard InChI is InChI=1S/C5HBrCl2O3S2/c6-4-3(13(8,10)11)1-2(12-4)5(7)9/h1H. The second kappa shape index (κ2) is 3.86. The molecule has 0 aliphatic rings. The Morgan fingerprint density at radius 2 is 2.08 bits per heavy atom. The highest BCUT2D eigenvalue weighted by Gasteiger charge is 2.20. The van der Waals surface area contributed by atoms with Crippen molar-refractivity contribution in [2.75, 3.05) is 0 Å². The Morgan fingerprint density at radius 1 is 1.54 bits per heavy atom. The number of hydrogen-bond donors (Lipinski definition) is 0. The van der Waals surface area contributed by atoms with E-state index >= 15 is 0 Å². The summed E-state index contributed by atoms with van der Waals surface area (Å²) in [6.07, 6.45) is 0. The minimum absolute atomic E-state index is 0.132. The summed E-state index contributed by atoms with van der Waals surface area (Å²) in [6, 6.07) is 1.13. The van der Waals surface area contributed by atoms with Crippen LogP contribution in [-0.4, -0.2) is 13.7 Å². The minimum atomic E-state index is -3.82. The number of halogens is 3. The molecule has 0 aliphatic heterocycles. The van der Waals surface area contributed by atoms with E-state index < -0.39 is 14.3 Å². The summed E-state index contributed by atoms with van der Waals surface area (Å²) in [6.45, 7) is 0. The molecule has 8 heteroatoms. The molecule has 0 atom stereocenters. The van der Waals surface area contributed by atoms with Gasteiger partial charge in [-0.2, -0.15) is 0 Å². The Hall–Kier alpha value is 0.380. The highest BCUT2D eigenvalue weighted by atomic mass is 79.9. The van der Waals surface area contributed by atoms with Crippen molar-refractivity contribution in [1.29, 1.82) is 0 Å². The highest BCUT2D eigenvalue weighted by molar-refractivity contribution is 9.11. The first-order valence-electron chi connectivity index (χ1n) is 2.76. The Kier molecular flexibility index (Phi) is 3.40. The van der Waals surface area contributed by atoms with E-state index in [1.807, 2.05) is 0 Å². The lowest BCUT2D eigenvalue weighted by Crippen LogP contribution is -1.88. The fourth-order valence-corrected chi connectivity index (χ4v) is 4.43. The van der Waals surface area contributed by atoms with Crippen LogP contribution in [0.1, 0.15) is 9.67 Å². The maximum absolute atomic E-state index is 10.9. The van der Waals surface area contributed by atoms with Crippen molar-refractivity contribution < 1.29 is 13.2 Å². The molecule has 0 unspecified atom stereocenters. The van der Waals surface area contributed by atoms with Gasteiger partial charge in [-0.15, -0.1) is 11.3 Å². The summed E-state index contributed by atoms with van der Waals surface area (Å²) in [5.41, 5.74) is 0. The summed E-state index contributed by atoms with van der Waals surface area (Å²) in [4.78, 5) is 10.7. The van der Waals surface area contributed by atoms with Gasteiger partial charge < -0.3 is 0 Å². The third-order valence-corrected chi connectivity index (χ3v) is 5.00. The van der Waals surface area contributed by atoms with Gasteiger partial charge in [0.1, 0.15) is 4.90 Å². The molecule has 3 nitrogen and oxygen atoms in total. The quantitative estimate of drug-likeness (QED) is 0.786. The van der Waals surface area contributed by atoms with E-state index in [2.05, 4.69) is 15.9 Å². The molecule has 1 rings (SSSR count). The van der Waals surface area contributed by atoms with E-state index in [0.29, 0.717) is 0 Å². The van der Waals surface area contributed by atoms with Crippen molar-refractivity contribution >= 4 is 63.8 Å². The van der Waals surface area contributed by atoms with Gasteiger partial charge in [-0.05, 0) is 33.6 Å². The normalized spacial score (nSPS) is 11.6. The zero-order valence-corrected chi connectivity index (χ0v) is 10.5. The summed E-state index contributed by atoms with van der Waals surface area (Å²) in [7, 11) is 1.26. The van der Waals surface area contributed by atoms with Crippen LogP contribution in [0.15, 0.2) is 14.7 Å². The SMILES string of the molecule is O=C(Cl)c1cc(S(=O)(=O)Cl)c(Br)s1. The van der Waals surface area contributed by atoms with Gasteiger partial charge in [0.25, 0.3) is 14.3 Å². The van der Waals surface area contributed by atoms with E-state index in [9.17, 15) is 13.2 Å². The third kappa shape index (κ3) is 2.66. The minimum Gasteiger partial charge on any atom is -0.275 e. The molecule has 1 heterocycles. The Bertz CT molecular complexity index is 450. The largest absolute Gasteiger partial charge is 0.275 e. The Labute approximate surface area is 96.2 Å². The van der Waals surface area contributed by atoms with Gasteiger partial charge in [0.15, 0.2) is 0 Å². The zero-order valence-electron chi connectivity index (χ0n) is 5.75. The van der Waals surface area contributed by atoms with Crippen molar-refractivity contribution in [2.24, 2.45) is 0 Å². The first-order chi connectivity index (χ1) is 5.82. The Balaban J connectivity index is 3.35. The third-order valence-electron chi connectivity index (χ3n) is 1.11. The van der Waals surface area contributed by atoms with E-state index in [1.54, 1.807) is 0 Å². The number of hydrogen-bond acceptors (Lipinski definition) is 4. The number of carbonyl (C=O) groups is 1.